The summed E-state index contributed by atoms with van der Waals surface area (Å²) < 4.78 is 54.3. The van der Waals surface area contributed by atoms with E-state index in [0.29, 0.717) is 12.2 Å². The molecule has 0 spiro atoms. The summed E-state index contributed by atoms with van der Waals surface area (Å²) in [6.45, 7) is 0. The number of alkyl halides is 4. The minimum Gasteiger partial charge on any atom is -0.256 e. The third-order valence-corrected chi connectivity index (χ3v) is 2.37. The van der Waals surface area contributed by atoms with Crippen LogP contribution in [0.5, 0.6) is 0 Å². The predicted molar refractivity (Wildman–Crippen MR) is 60.4 cm³/mol. The van der Waals surface area contributed by atoms with Crippen molar-refractivity contribution in [2.75, 3.05) is 0 Å². The second-order valence-corrected chi connectivity index (χ2v) is 3.79. The van der Waals surface area contributed by atoms with Crippen LogP contribution in [0.3, 0.4) is 0 Å². The average molecular weight is 255 g/mol. The zero-order valence-corrected chi connectivity index (χ0v) is 9.16. The van der Waals surface area contributed by atoms with Gasteiger partial charge in [-0.25, -0.2) is 0 Å². The molecule has 1 nitrogen and oxygen atoms in total. The number of hydrogen-bond donors (Lipinski definition) is 0. The first-order valence-electron chi connectivity index (χ1n) is 5.18. The second-order valence-electron chi connectivity index (χ2n) is 3.79. The molecule has 0 saturated heterocycles. The molecule has 0 saturated carbocycles. The highest BCUT2D eigenvalue weighted by molar-refractivity contribution is 5.71. The predicted octanol–water partition coefficient (Wildman–Crippen LogP) is 3.86. The summed E-state index contributed by atoms with van der Waals surface area (Å²) in [6, 6.07) is 4.27. The molecule has 94 valence electrons. The Labute approximate surface area is 101 Å². The van der Waals surface area contributed by atoms with Crippen molar-refractivity contribution in [1.82, 2.24) is 4.98 Å². The van der Waals surface area contributed by atoms with Crippen molar-refractivity contribution >= 4 is 5.57 Å². The molecule has 0 fully saturated rings. The van der Waals surface area contributed by atoms with Gasteiger partial charge in [-0.05, 0) is 24.3 Å². The first-order valence-corrected chi connectivity index (χ1v) is 5.18. The van der Waals surface area contributed by atoms with Gasteiger partial charge in [0, 0.05) is 12.3 Å². The molecule has 0 amide bonds. The smallest absolute Gasteiger partial charge is 0.256 e. The number of nitrogens with zero attached hydrogens (tertiary/aromatic N) is 1. The van der Waals surface area contributed by atoms with Gasteiger partial charge < -0.3 is 0 Å². The zero-order chi connectivity index (χ0) is 13.2. The molecule has 1 aromatic rings. The highest BCUT2D eigenvalue weighted by atomic mass is 19.3. The van der Waals surface area contributed by atoms with Crippen LogP contribution in [0.2, 0.25) is 0 Å². The summed E-state index contributed by atoms with van der Waals surface area (Å²) in [5.74, 6) is -6.91. The molecule has 1 aromatic heterocycles. The Morgan fingerprint density at radius 2 is 1.67 bits per heavy atom. The standard InChI is InChI=1S/C13H9F4N/c14-12(15)6-2-3-7-13(16,17)10(9-12)11-5-1-4-8-18-11/h1-9H/b6-2-,7-3-,10-9?. The van der Waals surface area contributed by atoms with E-state index >= 15 is 0 Å². The Bertz CT molecular complexity index is 515. The van der Waals surface area contributed by atoms with Crippen LogP contribution in [0.25, 0.3) is 5.57 Å². The lowest BCUT2D eigenvalue weighted by Crippen LogP contribution is -2.21. The van der Waals surface area contributed by atoms with Crippen LogP contribution in [0.4, 0.5) is 17.6 Å². The Morgan fingerprint density at radius 1 is 0.944 bits per heavy atom. The molecule has 1 aliphatic rings. The van der Waals surface area contributed by atoms with Crippen LogP contribution >= 0.6 is 0 Å². The van der Waals surface area contributed by atoms with E-state index < -0.39 is 17.4 Å². The Balaban J connectivity index is 2.59. The third kappa shape index (κ3) is 2.67. The topological polar surface area (TPSA) is 12.9 Å². The lowest BCUT2D eigenvalue weighted by atomic mass is 9.99. The molecular weight excluding hydrogens is 246 g/mol. The van der Waals surface area contributed by atoms with Crippen LogP contribution in [-0.4, -0.2) is 16.8 Å². The Hall–Kier alpha value is -1.91. The molecular formula is C13H9F4N. The first-order chi connectivity index (χ1) is 8.41. The summed E-state index contributed by atoms with van der Waals surface area (Å²) in [5, 5.41) is 0. The van der Waals surface area contributed by atoms with Gasteiger partial charge in [0.1, 0.15) is 0 Å². The molecule has 2 rings (SSSR count). The molecule has 18 heavy (non-hydrogen) atoms. The third-order valence-electron chi connectivity index (χ3n) is 2.37. The number of hydrogen-bond acceptors (Lipinski definition) is 1. The van der Waals surface area contributed by atoms with Crippen LogP contribution in [0.1, 0.15) is 5.69 Å². The van der Waals surface area contributed by atoms with E-state index in [1.54, 1.807) is 0 Å². The van der Waals surface area contributed by atoms with Gasteiger partial charge in [-0.3, -0.25) is 4.98 Å². The summed E-state index contributed by atoms with van der Waals surface area (Å²) in [4.78, 5) is 3.70. The van der Waals surface area contributed by atoms with Crippen molar-refractivity contribution in [3.8, 4) is 0 Å². The van der Waals surface area contributed by atoms with E-state index in [1.807, 2.05) is 0 Å². The maximum absolute atomic E-state index is 13.8. The van der Waals surface area contributed by atoms with Gasteiger partial charge >= 0.3 is 0 Å². The van der Waals surface area contributed by atoms with E-state index in [2.05, 4.69) is 4.98 Å². The summed E-state index contributed by atoms with van der Waals surface area (Å²) in [5.41, 5.74) is -0.962. The van der Waals surface area contributed by atoms with E-state index in [1.165, 1.54) is 24.4 Å². The molecule has 1 heterocycles. The molecule has 1 aliphatic carbocycles. The van der Waals surface area contributed by atoms with Crippen molar-refractivity contribution in [1.29, 1.82) is 0 Å². The Kier molecular flexibility index (Phi) is 3.07. The molecule has 0 atom stereocenters. The van der Waals surface area contributed by atoms with E-state index in [-0.39, 0.29) is 11.8 Å². The van der Waals surface area contributed by atoms with Crippen molar-refractivity contribution in [2.24, 2.45) is 0 Å². The van der Waals surface area contributed by atoms with Gasteiger partial charge in [0.05, 0.1) is 11.3 Å². The lowest BCUT2D eigenvalue weighted by molar-refractivity contribution is 0.0974. The summed E-state index contributed by atoms with van der Waals surface area (Å²) >= 11 is 0. The lowest BCUT2D eigenvalue weighted by Gasteiger charge is -2.19. The molecule has 5 heteroatoms. The largest absolute Gasteiger partial charge is 0.293 e. The summed E-state index contributed by atoms with van der Waals surface area (Å²) in [6.07, 6.45) is 4.46. The van der Waals surface area contributed by atoms with E-state index in [4.69, 9.17) is 0 Å². The highest BCUT2D eigenvalue weighted by Gasteiger charge is 2.37. The van der Waals surface area contributed by atoms with Gasteiger partial charge in [-0.2, -0.15) is 17.6 Å². The molecule has 0 bridgehead atoms. The van der Waals surface area contributed by atoms with Gasteiger partial charge in [-0.1, -0.05) is 18.2 Å². The average Bonchev–Trinajstić information content (AvgIpc) is 2.32. The fourth-order valence-corrected chi connectivity index (χ4v) is 1.55. The maximum atomic E-state index is 13.8. The SMILES string of the molecule is FC1(F)C=C(c2ccccn2)C(F)(F)/C=C\C=C/1. The van der Waals surface area contributed by atoms with Crippen LogP contribution in [-0.2, 0) is 0 Å². The van der Waals surface area contributed by atoms with E-state index in [0.717, 1.165) is 12.2 Å². The van der Waals surface area contributed by atoms with Crippen molar-refractivity contribution in [3.63, 3.8) is 0 Å². The fourth-order valence-electron chi connectivity index (χ4n) is 1.55. The number of pyridine rings is 1. The number of allylic oxidation sites excluding steroid dienone is 6. The number of rotatable bonds is 1. The van der Waals surface area contributed by atoms with Crippen molar-refractivity contribution in [2.45, 2.75) is 11.8 Å². The van der Waals surface area contributed by atoms with Crippen LogP contribution in [0.15, 0.2) is 54.8 Å². The van der Waals surface area contributed by atoms with E-state index in [9.17, 15) is 17.6 Å². The van der Waals surface area contributed by atoms with Gasteiger partial charge in [0.25, 0.3) is 11.8 Å². The van der Waals surface area contributed by atoms with Crippen molar-refractivity contribution < 1.29 is 17.6 Å². The monoisotopic (exact) mass is 255 g/mol. The second kappa shape index (κ2) is 4.40. The molecule has 0 aliphatic heterocycles. The minimum atomic E-state index is -3.48. The van der Waals surface area contributed by atoms with Crippen LogP contribution < -0.4 is 0 Å². The minimum absolute atomic E-state index is 0.165. The molecule has 0 radical (unpaired) electrons. The first kappa shape index (κ1) is 12.5. The van der Waals surface area contributed by atoms with Gasteiger partial charge in [0.15, 0.2) is 0 Å². The zero-order valence-electron chi connectivity index (χ0n) is 9.16. The Morgan fingerprint density at radius 3 is 2.33 bits per heavy atom. The number of aromatic nitrogens is 1. The van der Waals surface area contributed by atoms with Crippen molar-refractivity contribution in [3.05, 3.63) is 60.5 Å². The summed E-state index contributed by atoms with van der Waals surface area (Å²) in [7, 11) is 0. The molecule has 0 unspecified atom stereocenters. The van der Waals surface area contributed by atoms with Crippen LogP contribution in [0, 0.1) is 0 Å². The highest BCUT2D eigenvalue weighted by Crippen LogP contribution is 2.37. The van der Waals surface area contributed by atoms with Gasteiger partial charge in [-0.15, -0.1) is 0 Å². The van der Waals surface area contributed by atoms with Gasteiger partial charge in [0.2, 0.25) is 0 Å². The molecule has 0 aromatic carbocycles. The molecule has 0 N–H and O–H groups in total. The fraction of sp³-hybridized carbons (Fsp3) is 0.154. The normalized spacial score (nSPS) is 24.6. The quantitative estimate of drug-likeness (QED) is 0.694. The number of halogens is 4. The maximum Gasteiger partial charge on any atom is 0.293 e.